The summed E-state index contributed by atoms with van der Waals surface area (Å²) < 4.78 is 8.93. The number of rotatable bonds is 7. The summed E-state index contributed by atoms with van der Waals surface area (Å²) in [5, 5.41) is 10.6. The van der Waals surface area contributed by atoms with Gasteiger partial charge in [0.25, 0.3) is 11.7 Å². The number of carbonyl (C=O) groups excluding carboxylic acids is 1. The number of benzene rings is 1. The minimum Gasteiger partial charge on any atom is -0.352 e. The van der Waals surface area contributed by atoms with Crippen LogP contribution in [0.1, 0.15) is 16.5 Å². The molecule has 3 aromatic heterocycles. The largest absolute Gasteiger partial charge is 0.352 e. The molecule has 1 aromatic carbocycles. The zero-order chi connectivity index (χ0) is 20.2. The number of aromatic nitrogens is 6. The van der Waals surface area contributed by atoms with Gasteiger partial charge in [-0.2, -0.15) is 10.1 Å². The minimum absolute atomic E-state index is 0.00810. The molecule has 29 heavy (non-hydrogen) atoms. The van der Waals surface area contributed by atoms with Gasteiger partial charge < -0.3 is 14.4 Å². The summed E-state index contributed by atoms with van der Waals surface area (Å²) in [7, 11) is 1.51. The highest BCUT2D eigenvalue weighted by atomic mass is 16.5. The van der Waals surface area contributed by atoms with Crippen LogP contribution in [-0.4, -0.2) is 42.4 Å². The Morgan fingerprint density at radius 2 is 2.10 bits per heavy atom. The SMILES string of the molecule is C=CCn1cc(-c2c(-c3ccccc3)ncn2Cc2nc(C(=O)NC)no2)cn1. The molecule has 1 amide bonds. The van der Waals surface area contributed by atoms with Gasteiger partial charge in [-0.15, -0.1) is 6.58 Å². The van der Waals surface area contributed by atoms with E-state index in [0.29, 0.717) is 12.4 Å². The van der Waals surface area contributed by atoms with Gasteiger partial charge in [-0.3, -0.25) is 9.48 Å². The molecule has 0 aliphatic rings. The number of imidazole rings is 1. The van der Waals surface area contributed by atoms with E-state index in [2.05, 4.69) is 32.1 Å². The summed E-state index contributed by atoms with van der Waals surface area (Å²) in [5.74, 6) is -0.104. The molecule has 0 aliphatic carbocycles. The summed E-state index contributed by atoms with van der Waals surface area (Å²) in [6, 6.07) is 9.89. The number of amides is 1. The Hall–Kier alpha value is -4.01. The lowest BCUT2D eigenvalue weighted by molar-refractivity contribution is 0.0950. The van der Waals surface area contributed by atoms with Crippen LogP contribution in [0.5, 0.6) is 0 Å². The van der Waals surface area contributed by atoms with E-state index in [0.717, 1.165) is 22.5 Å². The first-order valence-electron chi connectivity index (χ1n) is 8.98. The number of nitrogens with one attached hydrogen (secondary N) is 1. The van der Waals surface area contributed by atoms with Crippen LogP contribution >= 0.6 is 0 Å². The van der Waals surface area contributed by atoms with Gasteiger partial charge in [-0.1, -0.05) is 41.6 Å². The van der Waals surface area contributed by atoms with Crippen molar-refractivity contribution in [1.29, 1.82) is 0 Å². The van der Waals surface area contributed by atoms with Crippen molar-refractivity contribution in [2.75, 3.05) is 7.05 Å². The Morgan fingerprint density at radius 1 is 1.28 bits per heavy atom. The van der Waals surface area contributed by atoms with Crippen molar-refractivity contribution in [3.05, 3.63) is 73.4 Å². The molecule has 0 saturated heterocycles. The van der Waals surface area contributed by atoms with E-state index >= 15 is 0 Å². The maximum absolute atomic E-state index is 11.7. The molecule has 4 aromatic rings. The maximum atomic E-state index is 11.7. The number of carbonyl (C=O) groups is 1. The minimum atomic E-state index is -0.401. The molecule has 3 heterocycles. The summed E-state index contributed by atoms with van der Waals surface area (Å²) >= 11 is 0. The molecule has 9 heteroatoms. The van der Waals surface area contributed by atoms with Gasteiger partial charge in [0, 0.05) is 24.4 Å². The third-order valence-corrected chi connectivity index (χ3v) is 4.31. The van der Waals surface area contributed by atoms with Crippen LogP contribution in [0.15, 0.2) is 66.2 Å². The molecule has 4 rings (SSSR count). The van der Waals surface area contributed by atoms with Gasteiger partial charge in [-0.05, 0) is 0 Å². The molecular weight excluding hydrogens is 370 g/mol. The average molecular weight is 389 g/mol. The zero-order valence-electron chi connectivity index (χ0n) is 15.8. The summed E-state index contributed by atoms with van der Waals surface area (Å²) in [6.45, 7) is 4.63. The predicted octanol–water partition coefficient (Wildman–Crippen LogP) is 2.39. The molecule has 0 radical (unpaired) electrons. The second kappa shape index (κ2) is 7.93. The molecular formula is C20H19N7O2. The lowest BCUT2D eigenvalue weighted by Crippen LogP contribution is -2.19. The van der Waals surface area contributed by atoms with Gasteiger partial charge in [-0.25, -0.2) is 4.98 Å². The molecule has 0 saturated carbocycles. The topological polar surface area (TPSA) is 104 Å². The second-order valence-electron chi connectivity index (χ2n) is 6.27. The van der Waals surface area contributed by atoms with Gasteiger partial charge in [0.1, 0.15) is 6.54 Å². The van der Waals surface area contributed by atoms with E-state index in [-0.39, 0.29) is 12.4 Å². The fraction of sp³-hybridized carbons (Fsp3) is 0.150. The van der Waals surface area contributed by atoms with E-state index in [9.17, 15) is 4.79 Å². The van der Waals surface area contributed by atoms with Crippen molar-refractivity contribution in [1.82, 2.24) is 34.8 Å². The van der Waals surface area contributed by atoms with Crippen LogP contribution < -0.4 is 5.32 Å². The smallest absolute Gasteiger partial charge is 0.292 e. The highest BCUT2D eigenvalue weighted by Gasteiger charge is 2.19. The molecule has 0 bridgehead atoms. The highest BCUT2D eigenvalue weighted by Crippen LogP contribution is 2.31. The lowest BCUT2D eigenvalue weighted by atomic mass is 10.1. The highest BCUT2D eigenvalue weighted by molar-refractivity contribution is 5.89. The van der Waals surface area contributed by atoms with Gasteiger partial charge in [0.2, 0.25) is 5.89 Å². The summed E-state index contributed by atoms with van der Waals surface area (Å²) in [5.41, 5.74) is 3.56. The van der Waals surface area contributed by atoms with Crippen molar-refractivity contribution >= 4 is 5.91 Å². The van der Waals surface area contributed by atoms with E-state index < -0.39 is 5.91 Å². The molecule has 0 aliphatic heterocycles. The third kappa shape index (κ3) is 3.70. The Kier molecular flexibility index (Phi) is 5.02. The van der Waals surface area contributed by atoms with Crippen LogP contribution in [0.25, 0.3) is 22.5 Å². The fourth-order valence-electron chi connectivity index (χ4n) is 3.00. The molecule has 1 N–H and O–H groups in total. The molecule has 0 unspecified atom stereocenters. The van der Waals surface area contributed by atoms with Crippen LogP contribution in [0.4, 0.5) is 0 Å². The van der Waals surface area contributed by atoms with E-state index in [4.69, 9.17) is 4.52 Å². The molecule has 0 fully saturated rings. The quantitative estimate of drug-likeness (QED) is 0.487. The molecule has 0 spiro atoms. The zero-order valence-corrected chi connectivity index (χ0v) is 15.8. The van der Waals surface area contributed by atoms with Crippen LogP contribution in [-0.2, 0) is 13.1 Å². The Balaban J connectivity index is 1.75. The maximum Gasteiger partial charge on any atom is 0.292 e. The number of hydrogen-bond acceptors (Lipinski definition) is 6. The standard InChI is InChI=1S/C20H19N7O2/c1-3-9-27-11-15(10-23-27)18-17(14-7-5-4-6-8-14)22-13-26(18)12-16-24-19(25-29-16)20(28)21-2/h3-8,10-11,13H,1,9,12H2,2H3,(H,21,28). The monoisotopic (exact) mass is 389 g/mol. The lowest BCUT2D eigenvalue weighted by Gasteiger charge is -2.07. The van der Waals surface area contributed by atoms with Gasteiger partial charge in [0.05, 0.1) is 30.5 Å². The number of allylic oxidation sites excluding steroid dienone is 1. The molecule has 146 valence electrons. The predicted molar refractivity (Wildman–Crippen MR) is 106 cm³/mol. The van der Waals surface area contributed by atoms with Crippen molar-refractivity contribution < 1.29 is 9.32 Å². The molecule has 9 nitrogen and oxygen atoms in total. The number of nitrogens with zero attached hydrogens (tertiary/aromatic N) is 6. The van der Waals surface area contributed by atoms with Crippen molar-refractivity contribution in [3.63, 3.8) is 0 Å². The first kappa shape index (κ1) is 18.4. The van der Waals surface area contributed by atoms with Crippen molar-refractivity contribution in [2.45, 2.75) is 13.1 Å². The van der Waals surface area contributed by atoms with Crippen LogP contribution in [0, 0.1) is 0 Å². The Bertz CT molecular complexity index is 1140. The van der Waals surface area contributed by atoms with Crippen LogP contribution in [0.3, 0.4) is 0 Å². The van der Waals surface area contributed by atoms with Crippen molar-refractivity contribution in [3.8, 4) is 22.5 Å². The third-order valence-electron chi connectivity index (χ3n) is 4.31. The van der Waals surface area contributed by atoms with E-state index in [1.165, 1.54) is 7.05 Å². The second-order valence-corrected chi connectivity index (χ2v) is 6.27. The summed E-state index contributed by atoms with van der Waals surface area (Å²) in [6.07, 6.45) is 7.22. The Labute approximate surface area is 166 Å². The average Bonchev–Trinajstić information content (AvgIpc) is 3.48. The van der Waals surface area contributed by atoms with Gasteiger partial charge >= 0.3 is 0 Å². The van der Waals surface area contributed by atoms with E-state index in [1.807, 2.05) is 41.1 Å². The van der Waals surface area contributed by atoms with Crippen molar-refractivity contribution in [2.24, 2.45) is 0 Å². The summed E-state index contributed by atoms with van der Waals surface area (Å²) in [4.78, 5) is 20.5. The first-order chi connectivity index (χ1) is 14.2. The van der Waals surface area contributed by atoms with Crippen LogP contribution in [0.2, 0.25) is 0 Å². The molecule has 0 atom stereocenters. The Morgan fingerprint density at radius 3 is 2.86 bits per heavy atom. The normalized spacial score (nSPS) is 10.8. The van der Waals surface area contributed by atoms with Gasteiger partial charge in [0.15, 0.2) is 0 Å². The number of hydrogen-bond donors (Lipinski definition) is 1. The first-order valence-corrected chi connectivity index (χ1v) is 8.98. The fourth-order valence-corrected chi connectivity index (χ4v) is 3.00. The van der Waals surface area contributed by atoms with E-state index in [1.54, 1.807) is 23.3 Å².